The van der Waals surface area contributed by atoms with E-state index < -0.39 is 6.04 Å². The van der Waals surface area contributed by atoms with Gasteiger partial charge < -0.3 is 19.0 Å². The van der Waals surface area contributed by atoms with Crippen LogP contribution in [0.5, 0.6) is 5.75 Å². The summed E-state index contributed by atoms with van der Waals surface area (Å²) < 4.78 is 24.6. The summed E-state index contributed by atoms with van der Waals surface area (Å²) in [5.74, 6) is -0.164. The van der Waals surface area contributed by atoms with E-state index in [2.05, 4.69) is 0 Å². The highest BCUT2D eigenvalue weighted by atomic mass is 19.1. The van der Waals surface area contributed by atoms with Crippen molar-refractivity contribution in [3.63, 3.8) is 0 Å². The summed E-state index contributed by atoms with van der Waals surface area (Å²) in [6.07, 6.45) is 0. The number of halogens is 1. The zero-order valence-electron chi connectivity index (χ0n) is 16.4. The Labute approximate surface area is 167 Å². The molecule has 0 bridgehead atoms. The molecule has 0 radical (unpaired) electrons. The number of likely N-dealkylation sites (N-methyl/N-ethyl adjacent to an activating group) is 1. The number of benzene rings is 2. The van der Waals surface area contributed by atoms with E-state index in [1.165, 1.54) is 19.2 Å². The summed E-state index contributed by atoms with van der Waals surface area (Å²) >= 11 is 0. The Morgan fingerprint density at radius 1 is 1.14 bits per heavy atom. The second kappa shape index (κ2) is 7.33. The van der Waals surface area contributed by atoms with Crippen LogP contribution in [-0.2, 0) is 0 Å². The van der Waals surface area contributed by atoms with Crippen molar-refractivity contribution in [2.75, 3.05) is 34.3 Å². The molecule has 0 aliphatic carbocycles. The molecule has 1 aromatic heterocycles. The van der Waals surface area contributed by atoms with Gasteiger partial charge in [-0.3, -0.25) is 9.59 Å². The SMILES string of the molecule is COc1ccc2c(=O)c3c(oc2c1)C(=O)N(CCN(C)C)C3c1ccc(F)cc1. The lowest BCUT2D eigenvalue weighted by Gasteiger charge is -2.26. The molecule has 0 saturated heterocycles. The van der Waals surface area contributed by atoms with Crippen molar-refractivity contribution in [1.29, 1.82) is 0 Å². The van der Waals surface area contributed by atoms with Gasteiger partial charge in [0.05, 0.1) is 24.1 Å². The first-order chi connectivity index (χ1) is 13.9. The summed E-state index contributed by atoms with van der Waals surface area (Å²) in [5, 5.41) is 0.374. The summed E-state index contributed by atoms with van der Waals surface area (Å²) in [5.41, 5.74) is 0.989. The largest absolute Gasteiger partial charge is 0.497 e. The molecule has 2 heterocycles. The summed E-state index contributed by atoms with van der Waals surface area (Å²) in [4.78, 5) is 30.1. The number of hydrogen-bond acceptors (Lipinski definition) is 5. The number of fused-ring (bicyclic) bond motifs is 2. The van der Waals surface area contributed by atoms with E-state index in [0.29, 0.717) is 35.4 Å². The number of ether oxygens (including phenoxy) is 1. The minimum atomic E-state index is -0.624. The molecular formula is C22H21FN2O4. The normalized spacial score (nSPS) is 16.0. The number of nitrogens with zero attached hydrogens (tertiary/aromatic N) is 2. The average Bonchev–Trinajstić information content (AvgIpc) is 2.99. The minimum absolute atomic E-state index is 0.0313. The van der Waals surface area contributed by atoms with E-state index in [9.17, 15) is 14.0 Å². The van der Waals surface area contributed by atoms with Crippen LogP contribution in [0.25, 0.3) is 11.0 Å². The summed E-state index contributed by atoms with van der Waals surface area (Å²) in [6, 6.07) is 10.1. The molecule has 6 nitrogen and oxygen atoms in total. The van der Waals surface area contributed by atoms with E-state index in [1.54, 1.807) is 35.2 Å². The van der Waals surface area contributed by atoms with E-state index in [4.69, 9.17) is 9.15 Å². The van der Waals surface area contributed by atoms with Gasteiger partial charge in [0.25, 0.3) is 5.91 Å². The Balaban J connectivity index is 1.92. The summed E-state index contributed by atoms with van der Waals surface area (Å²) in [6.45, 7) is 1.01. The van der Waals surface area contributed by atoms with Crippen LogP contribution in [0, 0.1) is 5.82 Å². The number of methoxy groups -OCH3 is 1. The van der Waals surface area contributed by atoms with E-state index in [-0.39, 0.29) is 28.5 Å². The molecule has 0 saturated carbocycles. The molecule has 2 aromatic carbocycles. The van der Waals surface area contributed by atoms with Gasteiger partial charge in [0.1, 0.15) is 17.1 Å². The molecule has 3 aromatic rings. The number of carbonyl (C=O) groups excluding carboxylic acids is 1. The van der Waals surface area contributed by atoms with Gasteiger partial charge in [-0.15, -0.1) is 0 Å². The second-order valence-corrected chi connectivity index (χ2v) is 7.29. The number of carbonyl (C=O) groups is 1. The van der Waals surface area contributed by atoms with E-state index in [1.807, 2.05) is 19.0 Å². The molecule has 0 N–H and O–H groups in total. The lowest BCUT2D eigenvalue weighted by atomic mass is 9.98. The lowest BCUT2D eigenvalue weighted by molar-refractivity contribution is 0.0716. The molecule has 0 fully saturated rings. The minimum Gasteiger partial charge on any atom is -0.497 e. The zero-order valence-corrected chi connectivity index (χ0v) is 16.4. The molecule has 29 heavy (non-hydrogen) atoms. The third kappa shape index (κ3) is 3.27. The first-order valence-electron chi connectivity index (χ1n) is 9.26. The average molecular weight is 396 g/mol. The van der Waals surface area contributed by atoms with Crippen LogP contribution < -0.4 is 10.2 Å². The third-order valence-electron chi connectivity index (χ3n) is 5.15. The zero-order chi connectivity index (χ0) is 20.7. The molecule has 1 aliphatic heterocycles. The summed E-state index contributed by atoms with van der Waals surface area (Å²) in [7, 11) is 5.33. The lowest BCUT2D eigenvalue weighted by Crippen LogP contribution is -2.35. The van der Waals surface area contributed by atoms with Crippen molar-refractivity contribution in [2.45, 2.75) is 6.04 Å². The van der Waals surface area contributed by atoms with Crippen molar-refractivity contribution in [1.82, 2.24) is 9.80 Å². The smallest absolute Gasteiger partial charge is 0.290 e. The topological polar surface area (TPSA) is 63.0 Å². The van der Waals surface area contributed by atoms with Crippen LogP contribution in [0.2, 0.25) is 0 Å². The maximum absolute atomic E-state index is 13.5. The first kappa shape index (κ1) is 19.1. The van der Waals surface area contributed by atoms with Crippen LogP contribution in [0.1, 0.15) is 27.7 Å². The second-order valence-electron chi connectivity index (χ2n) is 7.29. The molecule has 1 aliphatic rings. The molecular weight excluding hydrogens is 375 g/mol. The quantitative estimate of drug-likeness (QED) is 0.663. The highest BCUT2D eigenvalue weighted by Gasteiger charge is 2.42. The number of hydrogen-bond donors (Lipinski definition) is 0. The monoisotopic (exact) mass is 396 g/mol. The van der Waals surface area contributed by atoms with Crippen LogP contribution >= 0.6 is 0 Å². The van der Waals surface area contributed by atoms with Gasteiger partial charge in [0, 0.05) is 19.2 Å². The fraction of sp³-hybridized carbons (Fsp3) is 0.273. The molecule has 0 spiro atoms. The Hall–Kier alpha value is -3.19. The molecule has 1 amide bonds. The van der Waals surface area contributed by atoms with Crippen LogP contribution in [0.4, 0.5) is 4.39 Å². The van der Waals surface area contributed by atoms with E-state index >= 15 is 0 Å². The van der Waals surface area contributed by atoms with Crippen molar-refractivity contribution < 1.29 is 18.3 Å². The Morgan fingerprint density at radius 3 is 2.52 bits per heavy atom. The fourth-order valence-electron chi connectivity index (χ4n) is 3.66. The molecule has 1 unspecified atom stereocenters. The van der Waals surface area contributed by atoms with Crippen molar-refractivity contribution in [3.8, 4) is 5.75 Å². The van der Waals surface area contributed by atoms with Gasteiger partial charge in [-0.05, 0) is 43.9 Å². The predicted molar refractivity (Wildman–Crippen MR) is 107 cm³/mol. The first-order valence-corrected chi connectivity index (χ1v) is 9.26. The van der Waals surface area contributed by atoms with Gasteiger partial charge >= 0.3 is 0 Å². The molecule has 7 heteroatoms. The number of rotatable bonds is 5. The van der Waals surface area contributed by atoms with Crippen LogP contribution in [0.15, 0.2) is 51.7 Å². The Kier molecular flexibility index (Phi) is 4.84. The van der Waals surface area contributed by atoms with Gasteiger partial charge in [-0.25, -0.2) is 4.39 Å². The highest BCUT2D eigenvalue weighted by Crippen LogP contribution is 2.38. The molecule has 1 atom stereocenters. The third-order valence-corrected chi connectivity index (χ3v) is 5.15. The predicted octanol–water partition coefficient (Wildman–Crippen LogP) is 3.05. The maximum Gasteiger partial charge on any atom is 0.290 e. The maximum atomic E-state index is 13.5. The molecule has 4 rings (SSSR count). The van der Waals surface area contributed by atoms with Gasteiger partial charge in [-0.1, -0.05) is 12.1 Å². The Bertz CT molecular complexity index is 1140. The van der Waals surface area contributed by atoms with Crippen molar-refractivity contribution in [2.24, 2.45) is 0 Å². The van der Waals surface area contributed by atoms with E-state index in [0.717, 1.165) is 0 Å². The van der Waals surface area contributed by atoms with Crippen molar-refractivity contribution in [3.05, 3.63) is 75.4 Å². The van der Waals surface area contributed by atoms with Crippen molar-refractivity contribution >= 4 is 16.9 Å². The van der Waals surface area contributed by atoms with Gasteiger partial charge in [0.15, 0.2) is 5.43 Å². The van der Waals surface area contributed by atoms with Crippen LogP contribution in [0.3, 0.4) is 0 Å². The number of amides is 1. The standard InChI is InChI=1S/C22H21FN2O4/c1-24(2)10-11-25-19(13-4-6-14(23)7-5-13)18-20(26)16-9-8-15(28-3)12-17(16)29-21(18)22(25)27/h4-9,12,19H,10-11H2,1-3H3. The van der Waals surface area contributed by atoms with Crippen LogP contribution in [-0.4, -0.2) is 50.0 Å². The highest BCUT2D eigenvalue weighted by molar-refractivity contribution is 5.99. The fourth-order valence-corrected chi connectivity index (χ4v) is 3.66. The molecule has 150 valence electrons. The van der Waals surface area contributed by atoms with Gasteiger partial charge in [-0.2, -0.15) is 0 Å². The van der Waals surface area contributed by atoms with Gasteiger partial charge in [0.2, 0.25) is 5.76 Å². The Morgan fingerprint density at radius 2 is 1.86 bits per heavy atom.